The molecule has 0 aliphatic rings. The van der Waals surface area contributed by atoms with E-state index in [1.165, 1.54) is 30.5 Å². The average Bonchev–Trinajstić information content (AvgIpc) is 3.05. The maximum absolute atomic E-state index is 12.6. The highest BCUT2D eigenvalue weighted by molar-refractivity contribution is 7.98. The summed E-state index contributed by atoms with van der Waals surface area (Å²) in [6, 6.07) is 15.5. The van der Waals surface area contributed by atoms with Crippen LogP contribution in [0.25, 0.3) is 24.6 Å². The number of hydrogen-bond acceptors (Lipinski definition) is 8. The van der Waals surface area contributed by atoms with Crippen molar-refractivity contribution in [2.45, 2.75) is 40.9 Å². The summed E-state index contributed by atoms with van der Waals surface area (Å²) >= 11 is 1.60. The zero-order valence-electron chi connectivity index (χ0n) is 30.1. The second kappa shape index (κ2) is 21.1. The highest BCUT2D eigenvalue weighted by Crippen LogP contribution is 2.32. The molecule has 2 aromatic heterocycles. The Morgan fingerprint density at radius 1 is 0.660 bits per heavy atom. The number of hydrogen-bond donors (Lipinski definition) is 0. The number of pyridine rings is 2. The Bertz CT molecular complexity index is 1980. The number of alkyl halides is 4. The molecule has 0 aliphatic carbocycles. The molecule has 0 aliphatic heterocycles. The molecule has 0 amide bonds. The third-order valence-electron chi connectivity index (χ3n) is 7.30. The van der Waals surface area contributed by atoms with Crippen LogP contribution in [0.2, 0.25) is 0 Å². The summed E-state index contributed by atoms with van der Waals surface area (Å²) in [5.74, 6) is 1.37. The quantitative estimate of drug-likeness (QED) is 0.0838. The fraction of sp³-hybridized carbons (Fsp3) is 0.316. The van der Waals surface area contributed by atoms with E-state index >= 15 is 0 Å². The molecule has 15 heteroatoms. The number of benzene rings is 2. The minimum absolute atomic E-state index is 0.00831. The molecule has 0 bridgehead atoms. The van der Waals surface area contributed by atoms with Crippen molar-refractivity contribution in [3.05, 3.63) is 115 Å². The van der Waals surface area contributed by atoms with Crippen LogP contribution >= 0.6 is 11.8 Å². The van der Waals surface area contributed by atoms with Crippen molar-refractivity contribution in [3.8, 4) is 23.0 Å². The van der Waals surface area contributed by atoms with Gasteiger partial charge in [0.15, 0.2) is 33.9 Å². The smallest absolute Gasteiger partial charge is 0.387 e. The van der Waals surface area contributed by atoms with E-state index in [0.717, 1.165) is 34.1 Å². The summed E-state index contributed by atoms with van der Waals surface area (Å²) in [4.78, 5) is 23.0. The molecule has 0 radical (unpaired) electrons. The van der Waals surface area contributed by atoms with Gasteiger partial charge in [-0.25, -0.2) is 0 Å². The number of rotatable bonds is 16. The van der Waals surface area contributed by atoms with Crippen molar-refractivity contribution in [2.75, 3.05) is 37.2 Å². The van der Waals surface area contributed by atoms with E-state index in [-0.39, 0.29) is 46.2 Å². The Kier molecular flexibility index (Phi) is 17.0. The lowest BCUT2D eigenvalue weighted by atomic mass is 10.2. The molecule has 0 spiro atoms. The topological polar surface area (TPSA) is 98.0 Å². The van der Waals surface area contributed by atoms with Gasteiger partial charge < -0.3 is 28.1 Å². The van der Waals surface area contributed by atoms with Crippen molar-refractivity contribution < 1.29 is 40.7 Å². The molecular weight excluding hydrogens is 737 g/mol. The van der Waals surface area contributed by atoms with E-state index in [1.807, 2.05) is 55.4 Å². The van der Waals surface area contributed by atoms with Crippen LogP contribution in [0.4, 0.5) is 17.6 Å². The zero-order valence-corrected chi connectivity index (χ0v) is 31.8. The van der Waals surface area contributed by atoms with E-state index in [1.54, 1.807) is 60.4 Å². The lowest BCUT2D eigenvalue weighted by molar-refractivity contribution is -0.0520. The van der Waals surface area contributed by atoms with E-state index in [2.05, 4.69) is 9.47 Å². The maximum Gasteiger partial charge on any atom is 0.387 e. The number of aromatic nitrogens is 2. The summed E-state index contributed by atoms with van der Waals surface area (Å²) in [7, 11) is -1.05. The Morgan fingerprint density at radius 2 is 1.06 bits per heavy atom. The van der Waals surface area contributed by atoms with Gasteiger partial charge in [0.25, 0.3) is 0 Å². The van der Waals surface area contributed by atoms with Gasteiger partial charge >= 0.3 is 13.2 Å². The van der Waals surface area contributed by atoms with Crippen LogP contribution in [0.15, 0.2) is 70.3 Å². The van der Waals surface area contributed by atoms with Crippen molar-refractivity contribution in [1.82, 2.24) is 9.13 Å². The fourth-order valence-corrected chi connectivity index (χ4v) is 5.47. The van der Waals surface area contributed by atoms with Gasteiger partial charge in [-0.15, -0.1) is 0 Å². The highest BCUT2D eigenvalue weighted by Gasteiger charge is 2.13. The normalized spacial score (nSPS) is 11.9. The van der Waals surface area contributed by atoms with Gasteiger partial charge in [-0.2, -0.15) is 29.3 Å². The molecule has 53 heavy (non-hydrogen) atoms. The molecule has 2 heterocycles. The van der Waals surface area contributed by atoms with Crippen LogP contribution in [-0.4, -0.2) is 63.8 Å². The average molecular weight is 779 g/mol. The molecule has 2 aromatic carbocycles. The Balaban J connectivity index is 0.000000286. The van der Waals surface area contributed by atoms with Crippen LogP contribution in [0.5, 0.6) is 23.0 Å². The standard InChI is InChI=1S/C19H21F2NO4S.C19H21F2NO3S/c1-13-10-16(23)11-14(2)22(13)7-6-15-4-5-17(26-19(20)21)18(12-15)25-8-9-27(3)24;1-13-10-16(23)11-14(2)22(13)7-6-15-4-5-17(25-19(20)21)18(12-15)24-8-9-26-3/h4-7,10-12,19H,8-9H2,1-3H3;4-7,10-12,19H,8-9H2,1-3H3/b2*7-6+. The number of nitrogens with zero attached hydrogens (tertiary/aromatic N) is 2. The molecule has 4 aromatic rings. The summed E-state index contributed by atoms with van der Waals surface area (Å²) < 4.78 is 85.2. The predicted octanol–water partition coefficient (Wildman–Crippen LogP) is 7.89. The first kappa shape index (κ1) is 42.7. The second-order valence-corrected chi connectivity index (χ2v) is 14.0. The van der Waals surface area contributed by atoms with Crippen LogP contribution < -0.4 is 29.8 Å². The molecule has 0 saturated heterocycles. The zero-order chi connectivity index (χ0) is 39.1. The molecular formula is C38H42F4N2O7S2. The Morgan fingerprint density at radius 3 is 1.42 bits per heavy atom. The first-order valence-electron chi connectivity index (χ1n) is 16.1. The summed E-state index contributed by atoms with van der Waals surface area (Å²) in [6.45, 7) is 1.95. The highest BCUT2D eigenvalue weighted by atomic mass is 32.2. The number of halogens is 4. The molecule has 0 N–H and O–H groups in total. The largest absolute Gasteiger partial charge is 0.489 e. The van der Waals surface area contributed by atoms with Crippen LogP contribution in [0, 0.1) is 27.7 Å². The van der Waals surface area contributed by atoms with Gasteiger partial charge in [-0.1, -0.05) is 12.1 Å². The maximum atomic E-state index is 12.6. The minimum atomic E-state index is -2.97. The molecule has 9 nitrogen and oxygen atoms in total. The van der Waals surface area contributed by atoms with Gasteiger partial charge in [0.05, 0.1) is 19.0 Å². The van der Waals surface area contributed by atoms with Crippen molar-refractivity contribution in [2.24, 2.45) is 0 Å². The van der Waals surface area contributed by atoms with E-state index in [0.29, 0.717) is 12.2 Å². The minimum Gasteiger partial charge on any atom is -0.489 e. The SMILES string of the molecule is CSCCOc1cc(/C=C/n2c(C)cc(=O)cc2C)ccc1OC(F)F.Cc1cc(=O)cc(C)n1/C=C/c1ccc(OC(F)F)c(OCCS(C)=O)c1. The molecule has 1 atom stereocenters. The third kappa shape index (κ3) is 14.3. The molecule has 4 rings (SSSR count). The second-order valence-electron chi connectivity index (χ2n) is 11.5. The lowest BCUT2D eigenvalue weighted by Crippen LogP contribution is -2.09. The summed E-state index contributed by atoms with van der Waals surface area (Å²) in [5.41, 5.74) is 4.52. The van der Waals surface area contributed by atoms with Crippen LogP contribution in [-0.2, 0) is 10.8 Å². The number of aryl methyl sites for hydroxylation is 4. The first-order chi connectivity index (χ1) is 25.2. The van der Waals surface area contributed by atoms with Gasteiger partial charge in [-0.05, 0) is 81.5 Å². The van der Waals surface area contributed by atoms with Gasteiger partial charge in [0.2, 0.25) is 0 Å². The monoisotopic (exact) mass is 778 g/mol. The third-order valence-corrected chi connectivity index (χ3v) is 8.61. The Labute approximate surface area is 312 Å². The molecule has 0 fully saturated rings. The number of thioether (sulfide) groups is 1. The van der Waals surface area contributed by atoms with Crippen molar-refractivity contribution in [3.63, 3.8) is 0 Å². The molecule has 1 unspecified atom stereocenters. The van der Waals surface area contributed by atoms with Crippen LogP contribution in [0.3, 0.4) is 0 Å². The van der Waals surface area contributed by atoms with E-state index in [4.69, 9.17) is 9.47 Å². The fourth-order valence-electron chi connectivity index (χ4n) is 4.91. The predicted molar refractivity (Wildman–Crippen MR) is 205 cm³/mol. The van der Waals surface area contributed by atoms with E-state index in [9.17, 15) is 31.4 Å². The van der Waals surface area contributed by atoms with Gasteiger partial charge in [-0.3, -0.25) is 13.8 Å². The molecule has 286 valence electrons. The van der Waals surface area contributed by atoms with E-state index < -0.39 is 24.0 Å². The summed E-state index contributed by atoms with van der Waals surface area (Å²) in [6.07, 6.45) is 10.7. The summed E-state index contributed by atoms with van der Waals surface area (Å²) in [5, 5.41) is 0. The first-order valence-corrected chi connectivity index (χ1v) is 19.3. The van der Waals surface area contributed by atoms with Crippen molar-refractivity contribution in [1.29, 1.82) is 0 Å². The Hall–Kier alpha value is -4.76. The van der Waals surface area contributed by atoms with Crippen molar-refractivity contribution >= 4 is 47.1 Å². The number of ether oxygens (including phenoxy) is 4. The molecule has 0 saturated carbocycles. The lowest BCUT2D eigenvalue weighted by Gasteiger charge is -2.13. The van der Waals surface area contributed by atoms with Crippen LogP contribution in [0.1, 0.15) is 33.9 Å². The van der Waals surface area contributed by atoms with Gasteiger partial charge in [0.1, 0.15) is 0 Å². The van der Waals surface area contributed by atoms with Gasteiger partial charge in [0, 0.05) is 82.2 Å².